The fourth-order valence-electron chi connectivity index (χ4n) is 3.80. The molecule has 2 rings (SSSR count). The van der Waals surface area contributed by atoms with Crippen LogP contribution in [0.4, 0.5) is 0 Å². The standard InChI is InChI=1S/C15H28N4O2/c1-11-8-15(9-11,13(16)17-21)14(20)19(3)10-12-4-6-18(2)7-5-12/h11-12,21H,4-10H2,1-3H3,(H2,16,17). The van der Waals surface area contributed by atoms with Gasteiger partial charge >= 0.3 is 0 Å². The zero-order chi connectivity index (χ0) is 15.6. The molecular formula is C15H28N4O2. The number of carbonyl (C=O) groups is 1. The second-order valence-electron chi connectivity index (χ2n) is 7.01. The average molecular weight is 296 g/mol. The fourth-order valence-corrected chi connectivity index (χ4v) is 3.80. The summed E-state index contributed by atoms with van der Waals surface area (Å²) in [6.45, 7) is 5.04. The Balaban J connectivity index is 1.97. The van der Waals surface area contributed by atoms with Crippen LogP contribution in [-0.4, -0.2) is 60.5 Å². The van der Waals surface area contributed by atoms with E-state index in [0.717, 1.165) is 32.5 Å². The van der Waals surface area contributed by atoms with Crippen molar-refractivity contribution >= 4 is 11.7 Å². The Morgan fingerprint density at radius 3 is 2.48 bits per heavy atom. The molecule has 0 radical (unpaired) electrons. The van der Waals surface area contributed by atoms with Gasteiger partial charge in [0, 0.05) is 13.6 Å². The maximum absolute atomic E-state index is 12.8. The molecule has 0 bridgehead atoms. The monoisotopic (exact) mass is 296 g/mol. The van der Waals surface area contributed by atoms with Crippen LogP contribution in [0.3, 0.4) is 0 Å². The minimum atomic E-state index is -0.769. The van der Waals surface area contributed by atoms with Gasteiger partial charge in [-0.3, -0.25) is 4.79 Å². The smallest absolute Gasteiger partial charge is 0.236 e. The molecule has 1 aliphatic heterocycles. The summed E-state index contributed by atoms with van der Waals surface area (Å²) in [5, 5.41) is 12.1. The summed E-state index contributed by atoms with van der Waals surface area (Å²) >= 11 is 0. The highest BCUT2D eigenvalue weighted by Crippen LogP contribution is 2.47. The number of oxime groups is 1. The topological polar surface area (TPSA) is 82.2 Å². The number of amidine groups is 1. The van der Waals surface area contributed by atoms with E-state index in [1.807, 2.05) is 7.05 Å². The molecule has 1 heterocycles. The number of rotatable bonds is 4. The Morgan fingerprint density at radius 1 is 1.43 bits per heavy atom. The highest BCUT2D eigenvalue weighted by Gasteiger charge is 2.53. The maximum atomic E-state index is 12.8. The van der Waals surface area contributed by atoms with Gasteiger partial charge < -0.3 is 20.7 Å². The number of piperidine rings is 1. The van der Waals surface area contributed by atoms with Gasteiger partial charge in [0.2, 0.25) is 5.91 Å². The van der Waals surface area contributed by atoms with Crippen molar-refractivity contribution in [2.24, 2.45) is 28.1 Å². The van der Waals surface area contributed by atoms with E-state index in [9.17, 15) is 4.79 Å². The number of hydrogen-bond donors (Lipinski definition) is 2. The molecule has 0 aromatic heterocycles. The van der Waals surface area contributed by atoms with Gasteiger partial charge in [0.1, 0.15) is 5.41 Å². The molecule has 1 aliphatic carbocycles. The molecule has 120 valence electrons. The Kier molecular flexibility index (Phi) is 4.76. The minimum absolute atomic E-state index is 0.00910. The van der Waals surface area contributed by atoms with Gasteiger partial charge in [-0.05, 0) is 57.7 Å². The van der Waals surface area contributed by atoms with E-state index in [1.54, 1.807) is 4.90 Å². The minimum Gasteiger partial charge on any atom is -0.409 e. The zero-order valence-corrected chi connectivity index (χ0v) is 13.4. The molecule has 0 spiro atoms. The highest BCUT2D eigenvalue weighted by molar-refractivity contribution is 6.07. The van der Waals surface area contributed by atoms with Gasteiger partial charge in [0.05, 0.1) is 0 Å². The van der Waals surface area contributed by atoms with Crippen LogP contribution >= 0.6 is 0 Å². The molecule has 21 heavy (non-hydrogen) atoms. The number of likely N-dealkylation sites (tertiary alicyclic amines) is 1. The van der Waals surface area contributed by atoms with Gasteiger partial charge in [0.15, 0.2) is 5.84 Å². The zero-order valence-electron chi connectivity index (χ0n) is 13.4. The van der Waals surface area contributed by atoms with Crippen LogP contribution in [0.1, 0.15) is 32.6 Å². The Morgan fingerprint density at radius 2 is 2.00 bits per heavy atom. The SMILES string of the molecule is CC1CC(C(=O)N(C)CC2CCN(C)CC2)(C(N)=NO)C1. The molecule has 3 N–H and O–H groups in total. The fraction of sp³-hybridized carbons (Fsp3) is 0.867. The van der Waals surface area contributed by atoms with E-state index >= 15 is 0 Å². The van der Waals surface area contributed by atoms with Crippen molar-refractivity contribution in [3.63, 3.8) is 0 Å². The predicted octanol–water partition coefficient (Wildman–Crippen LogP) is 0.949. The maximum Gasteiger partial charge on any atom is 0.236 e. The number of nitrogens with zero attached hydrogens (tertiary/aromatic N) is 3. The lowest BCUT2D eigenvalue weighted by molar-refractivity contribution is -0.143. The van der Waals surface area contributed by atoms with Gasteiger partial charge in [-0.15, -0.1) is 0 Å². The number of carbonyl (C=O) groups excluding carboxylic acids is 1. The van der Waals surface area contributed by atoms with E-state index in [1.165, 1.54) is 0 Å². The molecule has 0 atom stereocenters. The first kappa shape index (κ1) is 16.1. The summed E-state index contributed by atoms with van der Waals surface area (Å²) in [6, 6.07) is 0. The van der Waals surface area contributed by atoms with Crippen molar-refractivity contribution in [3.05, 3.63) is 0 Å². The van der Waals surface area contributed by atoms with Crippen LogP contribution in [0, 0.1) is 17.3 Å². The van der Waals surface area contributed by atoms with E-state index in [2.05, 4.69) is 24.0 Å². The summed E-state index contributed by atoms with van der Waals surface area (Å²) < 4.78 is 0. The van der Waals surface area contributed by atoms with Gasteiger partial charge in [-0.25, -0.2) is 0 Å². The first-order chi connectivity index (χ1) is 9.89. The van der Waals surface area contributed by atoms with Crippen molar-refractivity contribution in [1.82, 2.24) is 9.80 Å². The third-order valence-electron chi connectivity index (χ3n) is 5.12. The van der Waals surface area contributed by atoms with Crippen LogP contribution in [0.25, 0.3) is 0 Å². The number of nitrogens with two attached hydrogens (primary N) is 1. The molecule has 0 unspecified atom stereocenters. The number of amides is 1. The molecule has 1 amide bonds. The van der Waals surface area contributed by atoms with E-state index in [0.29, 0.717) is 24.7 Å². The lowest BCUT2D eigenvalue weighted by Gasteiger charge is -2.46. The van der Waals surface area contributed by atoms with Crippen LogP contribution in [0.15, 0.2) is 5.16 Å². The van der Waals surface area contributed by atoms with Crippen molar-refractivity contribution in [1.29, 1.82) is 0 Å². The van der Waals surface area contributed by atoms with Crippen LogP contribution in [0.2, 0.25) is 0 Å². The lowest BCUT2D eigenvalue weighted by Crippen LogP contribution is -2.57. The summed E-state index contributed by atoms with van der Waals surface area (Å²) in [5.74, 6) is 1.08. The molecule has 2 aliphatic rings. The first-order valence-electron chi connectivity index (χ1n) is 7.81. The molecule has 1 saturated heterocycles. The van der Waals surface area contributed by atoms with Crippen molar-refractivity contribution < 1.29 is 10.0 Å². The number of hydrogen-bond acceptors (Lipinski definition) is 4. The molecule has 6 nitrogen and oxygen atoms in total. The summed E-state index contributed by atoms with van der Waals surface area (Å²) in [5.41, 5.74) is 5.04. The largest absolute Gasteiger partial charge is 0.409 e. The lowest BCUT2D eigenvalue weighted by atomic mass is 9.61. The van der Waals surface area contributed by atoms with Crippen LogP contribution < -0.4 is 5.73 Å². The van der Waals surface area contributed by atoms with Gasteiger partial charge in [-0.1, -0.05) is 12.1 Å². The highest BCUT2D eigenvalue weighted by atomic mass is 16.4. The normalized spacial score (nSPS) is 31.8. The van der Waals surface area contributed by atoms with Crippen LogP contribution in [-0.2, 0) is 4.79 Å². The summed E-state index contributed by atoms with van der Waals surface area (Å²) in [4.78, 5) is 16.9. The molecule has 1 saturated carbocycles. The average Bonchev–Trinajstić information content (AvgIpc) is 2.44. The van der Waals surface area contributed by atoms with Crippen molar-refractivity contribution in [3.8, 4) is 0 Å². The van der Waals surface area contributed by atoms with Gasteiger partial charge in [0.25, 0.3) is 0 Å². The summed E-state index contributed by atoms with van der Waals surface area (Å²) in [6.07, 6.45) is 3.61. The van der Waals surface area contributed by atoms with E-state index in [4.69, 9.17) is 10.9 Å². The van der Waals surface area contributed by atoms with Crippen molar-refractivity contribution in [2.75, 3.05) is 33.7 Å². The van der Waals surface area contributed by atoms with Crippen LogP contribution in [0.5, 0.6) is 0 Å². The molecular weight excluding hydrogens is 268 g/mol. The summed E-state index contributed by atoms with van der Waals surface area (Å²) in [7, 11) is 3.98. The van der Waals surface area contributed by atoms with E-state index in [-0.39, 0.29) is 11.7 Å². The Labute approximate surface area is 127 Å². The second kappa shape index (κ2) is 6.22. The third kappa shape index (κ3) is 3.15. The van der Waals surface area contributed by atoms with Crippen molar-refractivity contribution in [2.45, 2.75) is 32.6 Å². The van der Waals surface area contributed by atoms with E-state index < -0.39 is 5.41 Å². The van der Waals surface area contributed by atoms with Gasteiger partial charge in [-0.2, -0.15) is 0 Å². The third-order valence-corrected chi connectivity index (χ3v) is 5.12. The molecule has 6 heteroatoms. The Bertz CT molecular complexity index is 410. The Hall–Kier alpha value is -1.30. The predicted molar refractivity (Wildman–Crippen MR) is 82.1 cm³/mol. The quantitative estimate of drug-likeness (QED) is 0.350. The second-order valence-corrected chi connectivity index (χ2v) is 7.01. The first-order valence-corrected chi connectivity index (χ1v) is 7.81. The molecule has 2 fully saturated rings. The molecule has 0 aromatic carbocycles. The molecule has 0 aromatic rings.